The first-order valence-electron chi connectivity index (χ1n) is 14.4. The molecule has 0 aromatic heterocycles. The number of amides is 1. The van der Waals surface area contributed by atoms with E-state index in [0.717, 1.165) is 34.1 Å². The molecule has 0 radical (unpaired) electrons. The zero-order chi connectivity index (χ0) is 31.9. The first kappa shape index (κ1) is 33.3. The molecular weight excluding hydrogens is 592 g/mol. The third kappa shape index (κ3) is 8.52. The van der Waals surface area contributed by atoms with E-state index >= 15 is 0 Å². The van der Waals surface area contributed by atoms with Crippen molar-refractivity contribution in [3.8, 4) is 6.07 Å². The maximum Gasteiger partial charge on any atom is 0.407 e. The van der Waals surface area contributed by atoms with Crippen LogP contribution >= 0.6 is 0 Å². The summed E-state index contributed by atoms with van der Waals surface area (Å²) in [5, 5.41) is 34.5. The number of hydrogen-bond acceptors (Lipinski definition) is 10. The van der Waals surface area contributed by atoms with Crippen LogP contribution in [-0.4, -0.2) is 79.7 Å². The zero-order valence-corrected chi connectivity index (χ0v) is 25.5. The van der Waals surface area contributed by atoms with E-state index in [4.69, 9.17) is 19.5 Å². The number of fused-ring (bicyclic) bond motifs is 1. The smallest absolute Gasteiger partial charge is 0.407 e. The van der Waals surface area contributed by atoms with Gasteiger partial charge in [0.1, 0.15) is 6.10 Å². The third-order valence-electron chi connectivity index (χ3n) is 7.90. The number of carbonyl (C=O) groups excluding carboxylic acids is 1. The zero-order valence-electron chi connectivity index (χ0n) is 24.7. The van der Waals surface area contributed by atoms with Gasteiger partial charge in [0.2, 0.25) is 10.0 Å². The van der Waals surface area contributed by atoms with Crippen molar-refractivity contribution < 1.29 is 37.5 Å². The van der Waals surface area contributed by atoms with Crippen LogP contribution in [-0.2, 0) is 30.7 Å². The van der Waals surface area contributed by atoms with E-state index in [1.54, 1.807) is 0 Å². The summed E-state index contributed by atoms with van der Waals surface area (Å²) >= 11 is 0. The summed E-state index contributed by atoms with van der Waals surface area (Å²) in [5.74, 6) is -0.0868. The number of carbonyl (C=O) groups is 1. The van der Waals surface area contributed by atoms with Crippen LogP contribution in [0, 0.1) is 32.8 Å². The first-order chi connectivity index (χ1) is 20.9. The molecule has 44 heavy (non-hydrogen) atoms. The minimum atomic E-state index is -4.27. The van der Waals surface area contributed by atoms with Gasteiger partial charge in [-0.25, -0.2) is 13.2 Å². The number of hydrogen-bond donors (Lipinski definition) is 2. The van der Waals surface area contributed by atoms with Crippen molar-refractivity contribution in [2.45, 2.75) is 69.0 Å². The van der Waals surface area contributed by atoms with Gasteiger partial charge in [0.25, 0.3) is 5.69 Å². The number of nitrogens with one attached hydrogen (secondary N) is 1. The molecule has 0 spiro atoms. The summed E-state index contributed by atoms with van der Waals surface area (Å²) in [7, 11) is -4.27. The number of non-ortho nitro benzene ring substituents is 1. The Balaban J connectivity index is 1.57. The monoisotopic (exact) mass is 630 g/mol. The molecule has 5 unspecified atom stereocenters. The van der Waals surface area contributed by atoms with Gasteiger partial charge in [0.15, 0.2) is 6.29 Å². The van der Waals surface area contributed by atoms with Gasteiger partial charge in [-0.15, -0.1) is 0 Å². The summed E-state index contributed by atoms with van der Waals surface area (Å²) in [6, 6.07) is 14.8. The Morgan fingerprint density at radius 3 is 2.59 bits per heavy atom. The number of nitro groups is 1. The van der Waals surface area contributed by atoms with Crippen LogP contribution in [0.2, 0.25) is 0 Å². The van der Waals surface area contributed by atoms with E-state index in [0.29, 0.717) is 19.4 Å². The Hall–Kier alpha value is -3.61. The molecule has 0 saturated carbocycles. The minimum absolute atomic E-state index is 0.0595. The molecule has 0 aliphatic carbocycles. The van der Waals surface area contributed by atoms with Crippen LogP contribution in [0.4, 0.5) is 10.5 Å². The summed E-state index contributed by atoms with van der Waals surface area (Å²) in [6.45, 7) is 3.86. The quantitative estimate of drug-likeness (QED) is 0.232. The molecule has 2 aromatic rings. The van der Waals surface area contributed by atoms with Crippen molar-refractivity contribution in [2.24, 2.45) is 11.3 Å². The molecule has 238 valence electrons. The predicted octanol–water partition coefficient (Wildman–Crippen LogP) is 3.38. The van der Waals surface area contributed by atoms with E-state index in [-0.39, 0.29) is 42.5 Å². The second-order valence-corrected chi connectivity index (χ2v) is 13.8. The van der Waals surface area contributed by atoms with Crippen molar-refractivity contribution >= 4 is 21.8 Å². The molecule has 13 nitrogen and oxygen atoms in total. The molecule has 2 aliphatic heterocycles. The van der Waals surface area contributed by atoms with Gasteiger partial charge in [-0.1, -0.05) is 44.2 Å². The number of alkyl carbamates (subject to hydrolysis) is 1. The molecule has 0 bridgehead atoms. The van der Waals surface area contributed by atoms with Crippen molar-refractivity contribution in [3.05, 3.63) is 70.3 Å². The highest BCUT2D eigenvalue weighted by Crippen LogP contribution is 2.33. The molecule has 2 aliphatic rings. The number of rotatable bonds is 14. The lowest BCUT2D eigenvalue weighted by atomic mass is 9.88. The van der Waals surface area contributed by atoms with Crippen molar-refractivity contribution in [3.63, 3.8) is 0 Å². The SMILES string of the molecule is CC(C)(CCC#N)CN(CC(O)C(Cc1ccccc1)NC(=O)OC1COC2OCCC12)S(=O)(=O)c1ccc([N+](=O)[O-])cc1. The maximum absolute atomic E-state index is 13.9. The van der Waals surface area contributed by atoms with Gasteiger partial charge >= 0.3 is 6.09 Å². The van der Waals surface area contributed by atoms with E-state index in [1.165, 1.54) is 0 Å². The van der Waals surface area contributed by atoms with E-state index < -0.39 is 57.5 Å². The summed E-state index contributed by atoms with van der Waals surface area (Å²) in [4.78, 5) is 23.4. The largest absolute Gasteiger partial charge is 0.443 e. The molecule has 2 N–H and O–H groups in total. The van der Waals surface area contributed by atoms with E-state index in [9.17, 15) is 28.4 Å². The number of nitro benzene ring substituents is 1. The molecule has 2 saturated heterocycles. The molecular formula is C30H38N4O9S. The molecule has 1 amide bonds. The second-order valence-electron chi connectivity index (χ2n) is 11.8. The minimum Gasteiger partial charge on any atom is -0.443 e. The van der Waals surface area contributed by atoms with Crippen LogP contribution in [0.15, 0.2) is 59.5 Å². The van der Waals surface area contributed by atoms with E-state index in [1.807, 2.05) is 44.2 Å². The Labute approximate surface area is 256 Å². The molecule has 2 fully saturated rings. The van der Waals surface area contributed by atoms with Crippen molar-refractivity contribution in [1.29, 1.82) is 5.26 Å². The predicted molar refractivity (Wildman–Crippen MR) is 158 cm³/mol. The van der Waals surface area contributed by atoms with Gasteiger partial charge in [0.05, 0.1) is 47.2 Å². The molecule has 4 rings (SSSR count). The highest BCUT2D eigenvalue weighted by molar-refractivity contribution is 7.89. The highest BCUT2D eigenvalue weighted by atomic mass is 32.2. The fraction of sp³-hybridized carbons (Fsp3) is 0.533. The van der Waals surface area contributed by atoms with Gasteiger partial charge in [-0.05, 0) is 42.4 Å². The maximum atomic E-state index is 13.9. The molecule has 2 heterocycles. The Morgan fingerprint density at radius 1 is 1.23 bits per heavy atom. The number of sulfonamides is 1. The molecule has 5 atom stereocenters. The number of ether oxygens (including phenoxy) is 3. The Morgan fingerprint density at radius 2 is 1.93 bits per heavy atom. The third-order valence-corrected chi connectivity index (χ3v) is 9.73. The number of aliphatic hydroxyl groups is 1. The number of nitriles is 1. The lowest BCUT2D eigenvalue weighted by Crippen LogP contribution is -2.52. The Kier molecular flexibility index (Phi) is 10.9. The average Bonchev–Trinajstić information content (AvgIpc) is 3.61. The highest BCUT2D eigenvalue weighted by Gasteiger charge is 2.44. The summed E-state index contributed by atoms with van der Waals surface area (Å²) < 4.78 is 45.6. The first-order valence-corrected chi connectivity index (χ1v) is 15.9. The van der Waals surface area contributed by atoms with Gasteiger partial charge in [-0.3, -0.25) is 10.1 Å². The average molecular weight is 631 g/mol. The standard InChI is InChI=1S/C30H38N4O9S/c1-30(2,14-6-15-31)20-33(44(39,40)23-11-9-22(10-12-23)34(37)38)18-26(35)25(17-21-7-4-3-5-8-21)32-29(36)43-27-19-42-28-24(27)13-16-41-28/h3-5,7-12,24-28,35H,6,13-14,16-20H2,1-2H3,(H,32,36). The fourth-order valence-electron chi connectivity index (χ4n) is 5.44. The number of nitrogens with zero attached hydrogens (tertiary/aromatic N) is 3. The Bertz CT molecular complexity index is 1430. The van der Waals surface area contributed by atoms with Gasteiger partial charge in [0, 0.05) is 31.6 Å². The molecule has 14 heteroatoms. The second kappa shape index (κ2) is 14.4. The van der Waals surface area contributed by atoms with Crippen LogP contribution in [0.5, 0.6) is 0 Å². The fourth-order valence-corrected chi connectivity index (χ4v) is 7.09. The number of aliphatic hydroxyl groups excluding tert-OH is 1. The van der Waals surface area contributed by atoms with Crippen LogP contribution in [0.1, 0.15) is 38.7 Å². The van der Waals surface area contributed by atoms with Crippen molar-refractivity contribution in [2.75, 3.05) is 26.3 Å². The lowest BCUT2D eigenvalue weighted by Gasteiger charge is -2.34. The van der Waals surface area contributed by atoms with Gasteiger partial charge in [-0.2, -0.15) is 9.57 Å². The number of benzene rings is 2. The van der Waals surface area contributed by atoms with Crippen LogP contribution < -0.4 is 5.32 Å². The van der Waals surface area contributed by atoms with Crippen LogP contribution in [0.25, 0.3) is 0 Å². The van der Waals surface area contributed by atoms with Crippen LogP contribution in [0.3, 0.4) is 0 Å². The summed E-state index contributed by atoms with van der Waals surface area (Å²) in [6.07, 6.45) is -1.64. The van der Waals surface area contributed by atoms with Gasteiger partial charge < -0.3 is 24.6 Å². The normalized spacial score (nSPS) is 21.3. The summed E-state index contributed by atoms with van der Waals surface area (Å²) in [5.41, 5.74) is -0.129. The van der Waals surface area contributed by atoms with Crippen molar-refractivity contribution in [1.82, 2.24) is 9.62 Å². The lowest BCUT2D eigenvalue weighted by molar-refractivity contribution is -0.384. The topological polar surface area (TPSA) is 181 Å². The molecule has 2 aromatic carbocycles. The van der Waals surface area contributed by atoms with E-state index in [2.05, 4.69) is 11.4 Å².